The Kier molecular flexibility index (Phi) is 4.96. The van der Waals surface area contributed by atoms with Crippen molar-refractivity contribution in [3.05, 3.63) is 126 Å². The van der Waals surface area contributed by atoms with Crippen LogP contribution in [0.25, 0.3) is 21.9 Å². The number of halogens is 1. The molecule has 1 nitrogen and oxygen atoms in total. The van der Waals surface area contributed by atoms with Crippen LogP contribution in [0.1, 0.15) is 0 Å². The third-order valence-corrected chi connectivity index (χ3v) is 5.56. The van der Waals surface area contributed by atoms with Gasteiger partial charge in [-0.1, -0.05) is 78.3 Å². The van der Waals surface area contributed by atoms with Crippen LogP contribution in [0.15, 0.2) is 121 Å². The predicted molar refractivity (Wildman–Crippen MR) is 129 cm³/mol. The molecule has 0 aromatic heterocycles. The second-order valence-electron chi connectivity index (χ2n) is 7.26. The van der Waals surface area contributed by atoms with Crippen molar-refractivity contribution in [2.24, 2.45) is 0 Å². The Morgan fingerprint density at radius 1 is 0.433 bits per heavy atom. The fourth-order valence-corrected chi connectivity index (χ4v) is 3.91. The number of fused-ring (bicyclic) bond motifs is 1. The van der Waals surface area contributed by atoms with E-state index in [4.69, 9.17) is 11.6 Å². The molecule has 144 valence electrons. The topological polar surface area (TPSA) is 3.24 Å². The van der Waals surface area contributed by atoms with Crippen LogP contribution in [-0.4, -0.2) is 0 Å². The summed E-state index contributed by atoms with van der Waals surface area (Å²) in [6.45, 7) is 0. The van der Waals surface area contributed by atoms with E-state index >= 15 is 0 Å². The number of benzene rings is 5. The molecule has 0 aliphatic rings. The van der Waals surface area contributed by atoms with Crippen LogP contribution < -0.4 is 4.90 Å². The van der Waals surface area contributed by atoms with Crippen LogP contribution in [0.3, 0.4) is 0 Å². The first-order valence-electron chi connectivity index (χ1n) is 9.98. The van der Waals surface area contributed by atoms with Crippen LogP contribution in [-0.2, 0) is 0 Å². The fraction of sp³-hybridized carbons (Fsp3) is 0. The van der Waals surface area contributed by atoms with Gasteiger partial charge in [0.2, 0.25) is 0 Å². The quantitative estimate of drug-likeness (QED) is 0.289. The van der Waals surface area contributed by atoms with Crippen molar-refractivity contribution in [3.8, 4) is 11.1 Å². The molecule has 0 fully saturated rings. The van der Waals surface area contributed by atoms with E-state index < -0.39 is 0 Å². The number of anilines is 3. The predicted octanol–water partition coefficient (Wildman–Crippen LogP) is 8.63. The zero-order chi connectivity index (χ0) is 20.3. The lowest BCUT2D eigenvalue weighted by Gasteiger charge is -2.25. The van der Waals surface area contributed by atoms with Crippen molar-refractivity contribution in [1.29, 1.82) is 0 Å². The summed E-state index contributed by atoms with van der Waals surface area (Å²) in [6.07, 6.45) is 0. The lowest BCUT2D eigenvalue weighted by Crippen LogP contribution is -2.09. The van der Waals surface area contributed by atoms with Gasteiger partial charge in [0, 0.05) is 22.1 Å². The van der Waals surface area contributed by atoms with Gasteiger partial charge in [0.15, 0.2) is 0 Å². The lowest BCUT2D eigenvalue weighted by atomic mass is 10.0. The third-order valence-electron chi connectivity index (χ3n) is 5.31. The molecular formula is C28H20ClN. The fourth-order valence-electron chi connectivity index (χ4n) is 3.79. The third kappa shape index (κ3) is 3.68. The SMILES string of the molecule is Clc1ccc(N(c2ccccc2)c2ccc(-c3ccc4ccccc4c3)cc2)cc1. The molecule has 5 aromatic rings. The summed E-state index contributed by atoms with van der Waals surface area (Å²) in [5, 5.41) is 3.25. The van der Waals surface area contributed by atoms with Gasteiger partial charge in [0.05, 0.1) is 0 Å². The van der Waals surface area contributed by atoms with E-state index in [0.717, 1.165) is 22.1 Å². The van der Waals surface area contributed by atoms with Crippen molar-refractivity contribution in [2.75, 3.05) is 4.90 Å². The Labute approximate surface area is 181 Å². The molecule has 0 radical (unpaired) electrons. The molecule has 0 spiro atoms. The van der Waals surface area contributed by atoms with Crippen molar-refractivity contribution in [3.63, 3.8) is 0 Å². The molecule has 0 aliphatic heterocycles. The number of nitrogens with zero attached hydrogens (tertiary/aromatic N) is 1. The van der Waals surface area contributed by atoms with Gasteiger partial charge < -0.3 is 4.90 Å². The van der Waals surface area contributed by atoms with Gasteiger partial charge in [-0.25, -0.2) is 0 Å². The van der Waals surface area contributed by atoms with Gasteiger partial charge in [0.1, 0.15) is 0 Å². The van der Waals surface area contributed by atoms with Gasteiger partial charge >= 0.3 is 0 Å². The summed E-state index contributed by atoms with van der Waals surface area (Å²) < 4.78 is 0. The summed E-state index contributed by atoms with van der Waals surface area (Å²) in [7, 11) is 0. The van der Waals surface area contributed by atoms with Crippen LogP contribution in [0.5, 0.6) is 0 Å². The first-order chi connectivity index (χ1) is 14.8. The maximum absolute atomic E-state index is 6.12. The molecule has 0 atom stereocenters. The van der Waals surface area contributed by atoms with Gasteiger partial charge in [-0.05, 0) is 76.5 Å². The highest BCUT2D eigenvalue weighted by Crippen LogP contribution is 2.36. The van der Waals surface area contributed by atoms with E-state index in [-0.39, 0.29) is 0 Å². The Bertz CT molecular complexity index is 1280. The highest BCUT2D eigenvalue weighted by atomic mass is 35.5. The van der Waals surface area contributed by atoms with E-state index in [1.54, 1.807) is 0 Å². The van der Waals surface area contributed by atoms with Crippen molar-refractivity contribution in [1.82, 2.24) is 0 Å². The molecule has 0 N–H and O–H groups in total. The van der Waals surface area contributed by atoms with E-state index in [1.807, 2.05) is 30.3 Å². The summed E-state index contributed by atoms with van der Waals surface area (Å²) in [4.78, 5) is 2.24. The van der Waals surface area contributed by atoms with Gasteiger partial charge in [-0.3, -0.25) is 0 Å². The van der Waals surface area contributed by atoms with Crippen LogP contribution >= 0.6 is 11.6 Å². The Hall–Kier alpha value is -3.55. The van der Waals surface area contributed by atoms with E-state index in [0.29, 0.717) is 0 Å². The van der Waals surface area contributed by atoms with Crippen molar-refractivity contribution < 1.29 is 0 Å². The average molecular weight is 406 g/mol. The van der Waals surface area contributed by atoms with Crippen LogP contribution in [0, 0.1) is 0 Å². The summed E-state index contributed by atoms with van der Waals surface area (Å²) >= 11 is 6.12. The molecule has 30 heavy (non-hydrogen) atoms. The maximum Gasteiger partial charge on any atom is 0.0462 e. The van der Waals surface area contributed by atoms with Gasteiger partial charge in [-0.15, -0.1) is 0 Å². The molecule has 0 saturated carbocycles. The summed E-state index contributed by atoms with van der Waals surface area (Å²) in [5.41, 5.74) is 5.71. The minimum Gasteiger partial charge on any atom is -0.311 e. The highest BCUT2D eigenvalue weighted by Gasteiger charge is 2.12. The molecule has 0 amide bonds. The molecule has 0 saturated heterocycles. The smallest absolute Gasteiger partial charge is 0.0462 e. The lowest BCUT2D eigenvalue weighted by molar-refractivity contribution is 1.28. The molecule has 5 rings (SSSR count). The molecule has 0 unspecified atom stereocenters. The minimum atomic E-state index is 0.735. The van der Waals surface area contributed by atoms with E-state index in [1.165, 1.54) is 21.9 Å². The Morgan fingerprint density at radius 2 is 0.967 bits per heavy atom. The molecular weight excluding hydrogens is 386 g/mol. The van der Waals surface area contributed by atoms with E-state index in [9.17, 15) is 0 Å². The first kappa shape index (κ1) is 18.5. The molecule has 2 heteroatoms. The molecule has 5 aromatic carbocycles. The van der Waals surface area contributed by atoms with Gasteiger partial charge in [0.25, 0.3) is 0 Å². The Morgan fingerprint density at radius 3 is 1.67 bits per heavy atom. The molecule has 0 aliphatic carbocycles. The van der Waals surface area contributed by atoms with Crippen molar-refractivity contribution >= 4 is 39.4 Å². The first-order valence-corrected chi connectivity index (χ1v) is 10.4. The maximum atomic E-state index is 6.12. The Balaban J connectivity index is 1.54. The zero-order valence-electron chi connectivity index (χ0n) is 16.4. The average Bonchev–Trinajstić information content (AvgIpc) is 2.81. The largest absolute Gasteiger partial charge is 0.311 e. The van der Waals surface area contributed by atoms with Crippen molar-refractivity contribution in [2.45, 2.75) is 0 Å². The highest BCUT2D eigenvalue weighted by molar-refractivity contribution is 6.30. The van der Waals surface area contributed by atoms with Gasteiger partial charge in [-0.2, -0.15) is 0 Å². The number of hydrogen-bond acceptors (Lipinski definition) is 1. The van der Waals surface area contributed by atoms with Crippen LogP contribution in [0.2, 0.25) is 5.02 Å². The zero-order valence-corrected chi connectivity index (χ0v) is 17.1. The normalized spacial score (nSPS) is 10.8. The second kappa shape index (κ2) is 8.06. The van der Waals surface area contributed by atoms with Crippen LogP contribution in [0.4, 0.5) is 17.1 Å². The number of rotatable bonds is 4. The molecule has 0 bridgehead atoms. The summed E-state index contributed by atoms with van der Waals surface area (Å²) in [5.74, 6) is 0. The number of para-hydroxylation sites is 1. The summed E-state index contributed by atoms with van der Waals surface area (Å²) in [6, 6.07) is 42.1. The van der Waals surface area contributed by atoms with E-state index in [2.05, 4.69) is 95.9 Å². The standard InChI is InChI=1S/C28H20ClN/c29-25-14-18-28(19-15-25)30(26-8-2-1-3-9-26)27-16-12-22(13-17-27)24-11-10-21-6-4-5-7-23(21)20-24/h1-20H. The second-order valence-corrected chi connectivity index (χ2v) is 7.69. The minimum absolute atomic E-state index is 0.735. The number of hydrogen-bond donors (Lipinski definition) is 0. The molecule has 0 heterocycles. The monoisotopic (exact) mass is 405 g/mol.